The van der Waals surface area contributed by atoms with Gasteiger partial charge in [0.1, 0.15) is 0 Å². The number of amides is 1. The largest absolute Gasteiger partial charge is 0.493 e. The van der Waals surface area contributed by atoms with E-state index in [1.807, 2.05) is 25.2 Å². The van der Waals surface area contributed by atoms with E-state index in [4.69, 9.17) is 9.47 Å². The molecule has 0 spiro atoms. The van der Waals surface area contributed by atoms with Crippen LogP contribution >= 0.6 is 0 Å². The van der Waals surface area contributed by atoms with Crippen LogP contribution in [0.3, 0.4) is 0 Å². The van der Waals surface area contributed by atoms with Gasteiger partial charge in [-0.1, -0.05) is 24.3 Å². The molecule has 0 aliphatic rings. The molecule has 2 aromatic rings. The van der Waals surface area contributed by atoms with Crippen LogP contribution in [0.2, 0.25) is 0 Å². The van der Waals surface area contributed by atoms with Crippen LogP contribution in [0.4, 0.5) is 0 Å². The summed E-state index contributed by atoms with van der Waals surface area (Å²) in [4.78, 5) is 14.2. The summed E-state index contributed by atoms with van der Waals surface area (Å²) in [7, 11) is 5.06. The van der Waals surface area contributed by atoms with Crippen molar-refractivity contribution in [1.82, 2.24) is 4.90 Å². The maximum atomic E-state index is 12.4. The summed E-state index contributed by atoms with van der Waals surface area (Å²) in [5.74, 6) is 1.50. The van der Waals surface area contributed by atoms with Gasteiger partial charge in [-0.15, -0.1) is 0 Å². The molecule has 2 aromatic carbocycles. The fourth-order valence-corrected chi connectivity index (χ4v) is 2.74. The van der Waals surface area contributed by atoms with Crippen LogP contribution in [-0.4, -0.2) is 32.1 Å². The van der Waals surface area contributed by atoms with Crippen molar-refractivity contribution < 1.29 is 14.3 Å². The van der Waals surface area contributed by atoms with Crippen LogP contribution in [0, 0.1) is 13.8 Å². The molecule has 0 N–H and O–H groups in total. The molecule has 0 fully saturated rings. The molecular formula is C21H27NO3. The minimum Gasteiger partial charge on any atom is -0.493 e. The van der Waals surface area contributed by atoms with E-state index >= 15 is 0 Å². The van der Waals surface area contributed by atoms with Gasteiger partial charge in [-0.3, -0.25) is 4.79 Å². The highest BCUT2D eigenvalue weighted by Gasteiger charge is 2.12. The van der Waals surface area contributed by atoms with Crippen LogP contribution in [0.1, 0.15) is 28.7 Å². The maximum Gasteiger partial charge on any atom is 0.222 e. The second-order valence-corrected chi connectivity index (χ2v) is 6.36. The zero-order valence-corrected chi connectivity index (χ0v) is 15.8. The quantitative estimate of drug-likeness (QED) is 0.766. The summed E-state index contributed by atoms with van der Waals surface area (Å²) in [5, 5.41) is 0. The molecule has 0 aliphatic carbocycles. The van der Waals surface area contributed by atoms with Crippen molar-refractivity contribution in [2.75, 3.05) is 21.3 Å². The molecule has 134 valence electrons. The molecule has 0 atom stereocenters. The minimum absolute atomic E-state index is 0.132. The summed E-state index contributed by atoms with van der Waals surface area (Å²) < 4.78 is 10.6. The van der Waals surface area contributed by atoms with E-state index in [2.05, 4.69) is 32.0 Å². The van der Waals surface area contributed by atoms with Crippen molar-refractivity contribution in [3.05, 3.63) is 58.7 Å². The fraction of sp³-hybridized carbons (Fsp3) is 0.381. The van der Waals surface area contributed by atoms with Crippen LogP contribution < -0.4 is 9.47 Å². The lowest BCUT2D eigenvalue weighted by Crippen LogP contribution is -2.26. The zero-order chi connectivity index (χ0) is 18.4. The van der Waals surface area contributed by atoms with Crippen LogP contribution in [0.15, 0.2) is 36.4 Å². The van der Waals surface area contributed by atoms with Gasteiger partial charge in [0.15, 0.2) is 11.5 Å². The number of rotatable bonds is 7. The number of ether oxygens (including phenoxy) is 2. The Bertz CT molecular complexity index is 740. The Kier molecular flexibility index (Phi) is 6.45. The smallest absolute Gasteiger partial charge is 0.222 e. The predicted molar refractivity (Wildman–Crippen MR) is 100 cm³/mol. The molecule has 0 bridgehead atoms. The number of methoxy groups -OCH3 is 2. The number of carbonyl (C=O) groups excluding carboxylic acids is 1. The van der Waals surface area contributed by atoms with Gasteiger partial charge in [0.05, 0.1) is 14.2 Å². The summed E-state index contributed by atoms with van der Waals surface area (Å²) in [6.45, 7) is 4.75. The molecule has 0 unspecified atom stereocenters. The number of benzene rings is 2. The van der Waals surface area contributed by atoms with Crippen molar-refractivity contribution in [3.8, 4) is 11.5 Å². The van der Waals surface area contributed by atoms with Gasteiger partial charge in [0.25, 0.3) is 0 Å². The van der Waals surface area contributed by atoms with Gasteiger partial charge < -0.3 is 14.4 Å². The highest BCUT2D eigenvalue weighted by molar-refractivity contribution is 5.76. The second-order valence-electron chi connectivity index (χ2n) is 6.36. The highest BCUT2D eigenvalue weighted by Crippen LogP contribution is 2.28. The highest BCUT2D eigenvalue weighted by atomic mass is 16.5. The summed E-state index contributed by atoms with van der Waals surface area (Å²) in [5.41, 5.74) is 4.76. The first-order chi connectivity index (χ1) is 11.9. The Labute approximate surface area is 150 Å². The lowest BCUT2D eigenvalue weighted by atomic mass is 10.0. The van der Waals surface area contributed by atoms with E-state index in [-0.39, 0.29) is 5.91 Å². The van der Waals surface area contributed by atoms with Gasteiger partial charge in [-0.2, -0.15) is 0 Å². The van der Waals surface area contributed by atoms with Gasteiger partial charge in [-0.05, 0) is 54.7 Å². The number of aryl methyl sites for hydroxylation is 3. The molecule has 0 heterocycles. The van der Waals surface area contributed by atoms with Crippen molar-refractivity contribution >= 4 is 5.91 Å². The number of hydrogen-bond acceptors (Lipinski definition) is 3. The average Bonchev–Trinajstić information content (AvgIpc) is 2.62. The number of nitrogens with zero attached hydrogens (tertiary/aromatic N) is 1. The molecule has 0 radical (unpaired) electrons. The first-order valence-corrected chi connectivity index (χ1v) is 8.45. The third kappa shape index (κ3) is 4.99. The Morgan fingerprint density at radius 3 is 2.24 bits per heavy atom. The Balaban J connectivity index is 1.94. The van der Waals surface area contributed by atoms with E-state index < -0.39 is 0 Å². The monoisotopic (exact) mass is 341 g/mol. The molecular weight excluding hydrogens is 314 g/mol. The normalized spacial score (nSPS) is 10.4. The van der Waals surface area contributed by atoms with E-state index in [0.29, 0.717) is 24.5 Å². The van der Waals surface area contributed by atoms with Crippen molar-refractivity contribution in [1.29, 1.82) is 0 Å². The van der Waals surface area contributed by atoms with Crippen LogP contribution in [0.25, 0.3) is 0 Å². The molecule has 4 heteroatoms. The maximum absolute atomic E-state index is 12.4. The number of carbonyl (C=O) groups is 1. The van der Waals surface area contributed by atoms with E-state index in [9.17, 15) is 4.79 Å². The van der Waals surface area contributed by atoms with Gasteiger partial charge >= 0.3 is 0 Å². The molecule has 2 rings (SSSR count). The van der Waals surface area contributed by atoms with Crippen LogP contribution in [-0.2, 0) is 17.8 Å². The molecule has 0 aliphatic heterocycles. The fourth-order valence-electron chi connectivity index (χ4n) is 2.74. The van der Waals surface area contributed by atoms with Gasteiger partial charge in [0, 0.05) is 20.0 Å². The predicted octanol–water partition coefficient (Wildman–Crippen LogP) is 3.91. The molecule has 1 amide bonds. The lowest BCUT2D eigenvalue weighted by Gasteiger charge is -2.18. The zero-order valence-electron chi connectivity index (χ0n) is 15.8. The van der Waals surface area contributed by atoms with Crippen molar-refractivity contribution in [2.45, 2.75) is 33.2 Å². The summed E-state index contributed by atoms with van der Waals surface area (Å²) in [6.07, 6.45) is 1.27. The molecule has 0 aromatic heterocycles. The van der Waals surface area contributed by atoms with Gasteiger partial charge in [0.2, 0.25) is 5.91 Å². The Morgan fingerprint density at radius 2 is 1.60 bits per heavy atom. The Morgan fingerprint density at radius 1 is 0.920 bits per heavy atom. The molecule has 0 saturated heterocycles. The third-order valence-corrected chi connectivity index (χ3v) is 4.49. The van der Waals surface area contributed by atoms with E-state index in [1.165, 1.54) is 16.7 Å². The minimum atomic E-state index is 0.132. The van der Waals surface area contributed by atoms with E-state index in [1.54, 1.807) is 19.1 Å². The van der Waals surface area contributed by atoms with Gasteiger partial charge in [-0.25, -0.2) is 0 Å². The third-order valence-electron chi connectivity index (χ3n) is 4.49. The molecule has 4 nitrogen and oxygen atoms in total. The molecule has 25 heavy (non-hydrogen) atoms. The van der Waals surface area contributed by atoms with Crippen LogP contribution in [0.5, 0.6) is 11.5 Å². The lowest BCUT2D eigenvalue weighted by molar-refractivity contribution is -0.130. The Hall–Kier alpha value is -2.49. The summed E-state index contributed by atoms with van der Waals surface area (Å²) >= 11 is 0. The standard InChI is InChI=1S/C21H27NO3/c1-15-6-7-17(12-16(15)2)9-11-21(23)22(3)14-18-8-10-19(24-4)20(13-18)25-5/h6-8,10,12-13H,9,11,14H2,1-5H3. The van der Waals surface area contributed by atoms with Crippen molar-refractivity contribution in [3.63, 3.8) is 0 Å². The van der Waals surface area contributed by atoms with E-state index in [0.717, 1.165) is 12.0 Å². The molecule has 0 saturated carbocycles. The SMILES string of the molecule is COc1ccc(CN(C)C(=O)CCc2ccc(C)c(C)c2)cc1OC. The topological polar surface area (TPSA) is 38.8 Å². The average molecular weight is 341 g/mol. The first kappa shape index (κ1) is 18.8. The first-order valence-electron chi connectivity index (χ1n) is 8.45. The van der Waals surface area contributed by atoms with Crippen molar-refractivity contribution in [2.24, 2.45) is 0 Å². The number of hydrogen-bond donors (Lipinski definition) is 0. The second kappa shape index (κ2) is 8.56. The summed E-state index contributed by atoms with van der Waals surface area (Å²) in [6, 6.07) is 12.1.